The van der Waals surface area contributed by atoms with Gasteiger partial charge in [-0.05, 0) is 6.92 Å². The standard InChI is InChI=1S/C34H58N2O25/c1-8-17(43)22(48)24(50)32(53-8)61-29-23(49)18(44)11(4-37)56-34(29)59-27-14(7-40)57-31(16(21(27)47)36-10(3)42)60-28-19(45)12(5-38)55-33(25(28)51)58-26-13(6-39)54-30(52)15(20(26)46)35-9(2)41/h8,11-34,37-40,43-52H,4-7H2,1-3H3,(H,35,41)(H,36,42)/t8-,11+,12+,13+,14+,15+,16+,17+,18-,19-,20+,21+,22+,23-,24-,25+,26+,27+,28-,29+,30+,31-,32-,33-,34-/m0/s1. The summed E-state index contributed by atoms with van der Waals surface area (Å²) in [5, 5.41) is 154. The van der Waals surface area contributed by atoms with Gasteiger partial charge in [-0.25, -0.2) is 0 Å². The molecular weight excluding hydrogens is 836 g/mol. The van der Waals surface area contributed by atoms with E-state index >= 15 is 0 Å². The summed E-state index contributed by atoms with van der Waals surface area (Å²) in [6.07, 6.45) is -40.9. The number of hydrogen-bond donors (Lipinski definition) is 16. The summed E-state index contributed by atoms with van der Waals surface area (Å²) < 4.78 is 51.2. The van der Waals surface area contributed by atoms with Gasteiger partial charge in [0.25, 0.3) is 0 Å². The van der Waals surface area contributed by atoms with Crippen LogP contribution >= 0.6 is 0 Å². The predicted octanol–water partition coefficient (Wildman–Crippen LogP) is -10.6. The Balaban J connectivity index is 1.39. The van der Waals surface area contributed by atoms with E-state index in [-0.39, 0.29) is 0 Å². The van der Waals surface area contributed by atoms with E-state index in [2.05, 4.69) is 10.6 Å². The van der Waals surface area contributed by atoms with E-state index in [1.54, 1.807) is 0 Å². The molecule has 0 aromatic rings. The first kappa shape index (κ1) is 50.0. The van der Waals surface area contributed by atoms with Crippen LogP contribution in [0, 0.1) is 0 Å². The molecule has 354 valence electrons. The van der Waals surface area contributed by atoms with Crippen molar-refractivity contribution in [1.29, 1.82) is 0 Å². The molecule has 5 fully saturated rings. The van der Waals surface area contributed by atoms with E-state index in [9.17, 15) is 81.1 Å². The molecule has 5 heterocycles. The van der Waals surface area contributed by atoms with E-state index in [0.717, 1.165) is 13.8 Å². The van der Waals surface area contributed by atoms with E-state index < -0.39 is 192 Å². The highest BCUT2D eigenvalue weighted by Crippen LogP contribution is 2.36. The minimum atomic E-state index is -2.09. The molecule has 5 aliphatic heterocycles. The number of aliphatic hydroxyl groups excluding tert-OH is 14. The Morgan fingerprint density at radius 1 is 0.426 bits per heavy atom. The predicted molar refractivity (Wildman–Crippen MR) is 188 cm³/mol. The van der Waals surface area contributed by atoms with Crippen molar-refractivity contribution in [1.82, 2.24) is 10.6 Å². The molecule has 0 aromatic heterocycles. The fourth-order valence-corrected chi connectivity index (χ4v) is 7.76. The Morgan fingerprint density at radius 2 is 0.869 bits per heavy atom. The van der Waals surface area contributed by atoms with Gasteiger partial charge in [0.15, 0.2) is 31.5 Å². The van der Waals surface area contributed by atoms with Gasteiger partial charge in [0.1, 0.15) is 116 Å². The molecule has 5 rings (SSSR count). The Hall–Kier alpha value is -1.98. The largest absolute Gasteiger partial charge is 0.394 e. The highest BCUT2D eigenvalue weighted by Gasteiger charge is 2.57. The van der Waals surface area contributed by atoms with Crippen molar-refractivity contribution in [3.8, 4) is 0 Å². The van der Waals surface area contributed by atoms with Gasteiger partial charge in [-0.1, -0.05) is 0 Å². The third-order valence-electron chi connectivity index (χ3n) is 11.1. The average molecular weight is 895 g/mol. The lowest BCUT2D eigenvalue weighted by atomic mass is 9.94. The Labute approximate surface area is 346 Å². The molecule has 61 heavy (non-hydrogen) atoms. The van der Waals surface area contributed by atoms with Gasteiger partial charge in [0.2, 0.25) is 11.8 Å². The SMILES string of the molecule is CC(=O)N[C@@H]1[C@@H](O)[C@H](O[C@@H]2O[C@H](CO)[C@H](O)[C@H](O[C@@H]3O[C@H](CO)[C@@H](O[C@@H]4O[C@H](CO)[C@H](O)[C@H](O)[C@H]4O[C@@H]4O[C@@H](C)[C@@H](O)[C@@H](O)[C@@H]4O)[C@H](O)[C@H]3NC(C)=O)[C@H]2O)[C@@H](CO)O[C@H]1O. The van der Waals surface area contributed by atoms with Crippen molar-refractivity contribution >= 4 is 11.8 Å². The van der Waals surface area contributed by atoms with Crippen LogP contribution in [-0.2, 0) is 52.2 Å². The lowest BCUT2D eigenvalue weighted by Crippen LogP contribution is -2.70. The van der Waals surface area contributed by atoms with Crippen LogP contribution in [0.15, 0.2) is 0 Å². The summed E-state index contributed by atoms with van der Waals surface area (Å²) in [6.45, 7) is -0.239. The third-order valence-corrected chi connectivity index (χ3v) is 11.1. The smallest absolute Gasteiger partial charge is 0.217 e. The van der Waals surface area contributed by atoms with Crippen LogP contribution in [0.25, 0.3) is 0 Å². The van der Waals surface area contributed by atoms with Crippen LogP contribution in [0.1, 0.15) is 20.8 Å². The van der Waals surface area contributed by atoms with Gasteiger partial charge in [-0.3, -0.25) is 9.59 Å². The molecule has 0 aliphatic carbocycles. The summed E-state index contributed by atoms with van der Waals surface area (Å²) in [5.74, 6) is -1.50. The second-order valence-electron chi connectivity index (χ2n) is 15.4. The summed E-state index contributed by atoms with van der Waals surface area (Å²) in [6, 6.07) is -3.22. The summed E-state index contributed by atoms with van der Waals surface area (Å²) >= 11 is 0. The number of carbonyl (C=O) groups is 2. The lowest BCUT2D eigenvalue weighted by molar-refractivity contribution is -0.390. The molecule has 0 bridgehead atoms. The van der Waals surface area contributed by atoms with Crippen LogP contribution < -0.4 is 10.6 Å². The number of nitrogens with one attached hydrogen (secondary N) is 2. The zero-order chi connectivity index (χ0) is 45.2. The van der Waals surface area contributed by atoms with Crippen LogP contribution in [0.2, 0.25) is 0 Å². The molecule has 25 atom stereocenters. The Kier molecular flexibility index (Phi) is 17.5. The summed E-state index contributed by atoms with van der Waals surface area (Å²) in [7, 11) is 0. The van der Waals surface area contributed by atoms with Gasteiger partial charge in [0.05, 0.1) is 32.5 Å². The van der Waals surface area contributed by atoms with E-state index in [1.807, 2.05) is 0 Å². The first-order valence-corrected chi connectivity index (χ1v) is 19.5. The molecule has 27 nitrogen and oxygen atoms in total. The van der Waals surface area contributed by atoms with Crippen molar-refractivity contribution in [3.05, 3.63) is 0 Å². The van der Waals surface area contributed by atoms with Gasteiger partial charge in [-0.2, -0.15) is 0 Å². The van der Waals surface area contributed by atoms with Crippen LogP contribution in [0.4, 0.5) is 0 Å². The van der Waals surface area contributed by atoms with E-state index in [0.29, 0.717) is 0 Å². The zero-order valence-electron chi connectivity index (χ0n) is 33.0. The maximum atomic E-state index is 12.5. The number of ether oxygens (including phenoxy) is 9. The fraction of sp³-hybridized carbons (Fsp3) is 0.941. The molecule has 0 saturated carbocycles. The van der Waals surface area contributed by atoms with Crippen molar-refractivity contribution in [2.75, 3.05) is 26.4 Å². The normalized spacial score (nSPS) is 49.6. The maximum absolute atomic E-state index is 12.5. The highest BCUT2D eigenvalue weighted by molar-refractivity contribution is 5.73. The van der Waals surface area contributed by atoms with E-state index in [4.69, 9.17) is 42.6 Å². The lowest BCUT2D eigenvalue weighted by Gasteiger charge is -2.50. The van der Waals surface area contributed by atoms with Crippen molar-refractivity contribution < 1.29 is 124 Å². The van der Waals surface area contributed by atoms with Crippen molar-refractivity contribution in [3.63, 3.8) is 0 Å². The molecule has 27 heteroatoms. The van der Waals surface area contributed by atoms with Crippen molar-refractivity contribution in [2.45, 2.75) is 174 Å². The number of carbonyl (C=O) groups excluding carboxylic acids is 2. The van der Waals surface area contributed by atoms with Gasteiger partial charge < -0.3 is 125 Å². The van der Waals surface area contributed by atoms with Crippen LogP contribution in [0.3, 0.4) is 0 Å². The monoisotopic (exact) mass is 894 g/mol. The molecular formula is C34H58N2O25. The minimum Gasteiger partial charge on any atom is -0.394 e. The number of amides is 2. The molecule has 0 radical (unpaired) electrons. The zero-order valence-corrected chi connectivity index (χ0v) is 33.0. The van der Waals surface area contributed by atoms with E-state index in [1.165, 1.54) is 6.92 Å². The Morgan fingerprint density at radius 3 is 1.44 bits per heavy atom. The van der Waals surface area contributed by atoms with Gasteiger partial charge in [-0.15, -0.1) is 0 Å². The number of rotatable bonds is 14. The molecule has 16 N–H and O–H groups in total. The van der Waals surface area contributed by atoms with Gasteiger partial charge in [0, 0.05) is 13.8 Å². The minimum absolute atomic E-state index is 0.688. The second-order valence-corrected chi connectivity index (χ2v) is 15.4. The first-order chi connectivity index (χ1) is 28.8. The fourth-order valence-electron chi connectivity index (χ4n) is 7.76. The molecule has 5 saturated heterocycles. The average Bonchev–Trinajstić information content (AvgIpc) is 3.22. The third kappa shape index (κ3) is 10.8. The van der Waals surface area contributed by atoms with Gasteiger partial charge >= 0.3 is 0 Å². The summed E-state index contributed by atoms with van der Waals surface area (Å²) in [4.78, 5) is 24.2. The second kappa shape index (κ2) is 21.3. The van der Waals surface area contributed by atoms with Crippen molar-refractivity contribution in [2.24, 2.45) is 0 Å². The number of hydrogen-bond acceptors (Lipinski definition) is 25. The molecule has 2 amide bonds. The van der Waals surface area contributed by atoms with Crippen LogP contribution in [-0.4, -0.2) is 263 Å². The molecule has 5 aliphatic rings. The number of aliphatic hydroxyl groups is 14. The first-order valence-electron chi connectivity index (χ1n) is 19.5. The molecule has 0 unspecified atom stereocenters. The highest BCUT2D eigenvalue weighted by atomic mass is 16.8. The van der Waals surface area contributed by atoms with Crippen LogP contribution in [0.5, 0.6) is 0 Å². The summed E-state index contributed by atoms with van der Waals surface area (Å²) in [5.41, 5.74) is 0. The maximum Gasteiger partial charge on any atom is 0.217 e. The molecule has 0 spiro atoms. The molecule has 0 aromatic carbocycles. The topological polar surface area (TPSA) is 424 Å². The quantitative estimate of drug-likeness (QED) is 0.0770. The Bertz CT molecular complexity index is 1420.